The van der Waals surface area contributed by atoms with Crippen LogP contribution in [-0.2, 0) is 51.1 Å². The number of halogens is 1. The molecule has 0 aliphatic carbocycles. The van der Waals surface area contributed by atoms with Gasteiger partial charge in [-0.25, -0.2) is 9.82 Å². The van der Waals surface area contributed by atoms with E-state index in [0.717, 1.165) is 50.1 Å². The number of hydrogen-bond acceptors (Lipinski definition) is 11. The van der Waals surface area contributed by atoms with E-state index < -0.39 is 64.9 Å². The van der Waals surface area contributed by atoms with E-state index in [2.05, 4.69) is 72.3 Å². The average Bonchev–Trinajstić information content (AvgIpc) is 3.62. The van der Waals surface area contributed by atoms with Crippen molar-refractivity contribution in [1.29, 1.82) is 0 Å². The van der Waals surface area contributed by atoms with Gasteiger partial charge in [-0.15, -0.1) is 0 Å². The topological polar surface area (TPSA) is 167 Å². The maximum atomic E-state index is 16.4. The molecule has 4 aliphatic heterocycles. The van der Waals surface area contributed by atoms with Gasteiger partial charge in [0.05, 0.1) is 36.8 Å². The molecule has 1 aromatic heterocycles. The number of ether oxygens (including phenoxy) is 3. The van der Waals surface area contributed by atoms with Crippen LogP contribution in [0.1, 0.15) is 91.8 Å². The Balaban J connectivity index is 1.39. The molecule has 6 rings (SSSR count). The number of hydrazine groups is 1. The minimum Gasteiger partial charge on any atom is -0.464 e. The van der Waals surface area contributed by atoms with E-state index in [9.17, 15) is 24.0 Å². The van der Waals surface area contributed by atoms with Gasteiger partial charge in [0, 0.05) is 106 Å². The van der Waals surface area contributed by atoms with Crippen LogP contribution in [0.5, 0.6) is 0 Å². The molecule has 0 unspecified atom stereocenters. The number of likely N-dealkylation sites (N-methyl/N-ethyl adjacent to an activating group) is 1. The van der Waals surface area contributed by atoms with Crippen molar-refractivity contribution < 1.29 is 42.6 Å². The third-order valence-electron chi connectivity index (χ3n) is 13.9. The van der Waals surface area contributed by atoms with Crippen LogP contribution in [0.4, 0.5) is 10.1 Å². The van der Waals surface area contributed by atoms with Crippen LogP contribution in [0.3, 0.4) is 0 Å². The number of piperidine rings is 1. The number of fused-ring (bicyclic) bond motifs is 6. The number of benzene rings is 1. The zero-order valence-electron chi connectivity index (χ0n) is 41.6. The van der Waals surface area contributed by atoms with Gasteiger partial charge >= 0.3 is 5.97 Å². The lowest BCUT2D eigenvalue weighted by molar-refractivity contribution is -0.156. The summed E-state index contributed by atoms with van der Waals surface area (Å²) in [5, 5.41) is 5.37. The molecule has 0 spiro atoms. The molecular weight excluding hydrogens is 872 g/mol. The standard InChI is InChI=1S/C51H73FN8O8/c1-12-36(43(53-14-3)33(7)66-11)45-38-29-50(8,9)31-68-48(64)39-17-16-22-60(55-39)47(63)40(28-35-30-58(25-26-67-35)34-18-19-41(37(38)27-34)59(45)15-4)54-46(62)44(32(5)6)56(10)49(65)51(52)20-23-57(24-21-51)42(61)13-2/h12-14,18-19,27,32-33,35,39-40,44,55H,1-2,15-17,20-26,28-31H2,3-11H3,(H,54,62)/b43-36+,53-14?/t33-,35-,39-,40-,44-/m0/s1. The number of likely N-dealkylation sites (tertiary alicyclic amines) is 1. The molecule has 0 radical (unpaired) electrons. The van der Waals surface area contributed by atoms with Crippen molar-refractivity contribution in [3.63, 3.8) is 0 Å². The number of nitrogens with one attached hydrogen (secondary N) is 2. The number of esters is 1. The number of nitrogens with zero attached hydrogens (tertiary/aromatic N) is 6. The number of anilines is 1. The molecule has 372 valence electrons. The highest BCUT2D eigenvalue weighted by Gasteiger charge is 2.47. The van der Waals surface area contributed by atoms with Crippen molar-refractivity contribution in [2.75, 3.05) is 65.0 Å². The maximum absolute atomic E-state index is 16.4. The molecule has 6 bridgehead atoms. The summed E-state index contributed by atoms with van der Waals surface area (Å²) < 4.78 is 37.0. The Morgan fingerprint density at radius 3 is 2.46 bits per heavy atom. The maximum Gasteiger partial charge on any atom is 0.324 e. The Bertz CT molecular complexity index is 2300. The second-order valence-electron chi connectivity index (χ2n) is 19.6. The Morgan fingerprint density at radius 2 is 1.82 bits per heavy atom. The third kappa shape index (κ3) is 11.0. The predicted molar refractivity (Wildman–Crippen MR) is 261 cm³/mol. The first-order valence-corrected chi connectivity index (χ1v) is 24.1. The lowest BCUT2D eigenvalue weighted by atomic mass is 9.84. The number of cyclic esters (lactones) is 1. The van der Waals surface area contributed by atoms with Crippen molar-refractivity contribution in [1.82, 2.24) is 30.1 Å². The molecule has 4 aliphatic rings. The molecule has 68 heavy (non-hydrogen) atoms. The van der Waals surface area contributed by atoms with Crippen LogP contribution >= 0.6 is 0 Å². The van der Waals surface area contributed by atoms with Crippen molar-refractivity contribution in [3.8, 4) is 0 Å². The van der Waals surface area contributed by atoms with Crippen molar-refractivity contribution in [3.05, 3.63) is 60.5 Å². The normalized spacial score (nSPS) is 23.6. The molecule has 3 saturated heterocycles. The van der Waals surface area contributed by atoms with E-state index in [-0.39, 0.29) is 57.5 Å². The van der Waals surface area contributed by atoms with Gasteiger partial charge in [0.15, 0.2) is 5.67 Å². The molecule has 1 aromatic carbocycles. The predicted octanol–water partition coefficient (Wildman–Crippen LogP) is 5.38. The highest BCUT2D eigenvalue weighted by Crippen LogP contribution is 2.40. The van der Waals surface area contributed by atoms with Gasteiger partial charge in [-0.3, -0.25) is 34.0 Å². The molecule has 0 saturated carbocycles. The van der Waals surface area contributed by atoms with Gasteiger partial charge in [-0.05, 0) is 75.8 Å². The molecule has 3 fully saturated rings. The first-order valence-electron chi connectivity index (χ1n) is 24.1. The molecule has 5 atom stereocenters. The van der Waals surface area contributed by atoms with E-state index in [1.807, 2.05) is 19.9 Å². The first kappa shape index (κ1) is 52.0. The van der Waals surface area contributed by atoms with Crippen molar-refractivity contribution in [2.45, 2.75) is 130 Å². The average molecular weight is 945 g/mol. The number of alkyl halides is 1. The molecular formula is C51H73FN8O8. The molecule has 5 heterocycles. The molecule has 2 N–H and O–H groups in total. The number of carbonyl (C=O) groups excluding carboxylic acids is 5. The molecule has 16 nitrogen and oxygen atoms in total. The van der Waals surface area contributed by atoms with Crippen LogP contribution in [-0.4, -0.2) is 151 Å². The number of aromatic nitrogens is 1. The van der Waals surface area contributed by atoms with Gasteiger partial charge in [0.1, 0.15) is 18.1 Å². The quantitative estimate of drug-likeness (QED) is 0.122. The van der Waals surface area contributed by atoms with Gasteiger partial charge in [0.2, 0.25) is 11.8 Å². The monoisotopic (exact) mass is 945 g/mol. The highest BCUT2D eigenvalue weighted by molar-refractivity contribution is 5.96. The Morgan fingerprint density at radius 1 is 1.10 bits per heavy atom. The summed E-state index contributed by atoms with van der Waals surface area (Å²) in [7, 11) is 3.06. The molecule has 2 aromatic rings. The molecule has 17 heteroatoms. The molecule has 4 amide bonds. The Labute approximate surface area is 400 Å². The van der Waals surface area contributed by atoms with E-state index in [4.69, 9.17) is 19.2 Å². The third-order valence-corrected chi connectivity index (χ3v) is 13.9. The Hall–Kier alpha value is -5.39. The number of allylic oxidation sites excluding steroid dienone is 2. The van der Waals surface area contributed by atoms with Crippen molar-refractivity contribution in [2.24, 2.45) is 16.3 Å². The van der Waals surface area contributed by atoms with E-state index in [0.29, 0.717) is 45.5 Å². The summed E-state index contributed by atoms with van der Waals surface area (Å²) in [5.74, 6) is -3.28. The largest absolute Gasteiger partial charge is 0.464 e. The smallest absolute Gasteiger partial charge is 0.324 e. The summed E-state index contributed by atoms with van der Waals surface area (Å²) in [5.41, 5.74) is 5.85. The summed E-state index contributed by atoms with van der Waals surface area (Å²) in [6.07, 6.45) is 4.98. The van der Waals surface area contributed by atoms with Crippen LogP contribution in [0, 0.1) is 11.3 Å². The zero-order chi connectivity index (χ0) is 49.7. The summed E-state index contributed by atoms with van der Waals surface area (Å²) in [6.45, 7) is 23.8. The number of aryl methyl sites for hydroxylation is 1. The number of hydrogen-bond donors (Lipinski definition) is 2. The van der Waals surface area contributed by atoms with E-state index in [1.54, 1.807) is 27.2 Å². The second-order valence-corrected chi connectivity index (χ2v) is 19.6. The number of aliphatic imine (C=N–C) groups is 1. The fourth-order valence-corrected chi connectivity index (χ4v) is 10.2. The number of amides is 4. The lowest BCUT2D eigenvalue weighted by Gasteiger charge is -2.41. The minimum atomic E-state index is -2.30. The lowest BCUT2D eigenvalue weighted by Crippen LogP contribution is -2.63. The van der Waals surface area contributed by atoms with Gasteiger partial charge in [-0.1, -0.05) is 46.9 Å². The first-order chi connectivity index (χ1) is 32.3. The number of rotatable bonds is 12. The van der Waals surface area contributed by atoms with E-state index in [1.165, 1.54) is 17.0 Å². The fraction of sp³-hybridized carbons (Fsp3) is 0.608. The van der Waals surface area contributed by atoms with Crippen molar-refractivity contribution >= 4 is 58.0 Å². The summed E-state index contributed by atoms with van der Waals surface area (Å²) in [4.78, 5) is 78.9. The van der Waals surface area contributed by atoms with Crippen LogP contribution < -0.4 is 15.6 Å². The number of methoxy groups -OCH3 is 1. The summed E-state index contributed by atoms with van der Waals surface area (Å²) in [6, 6.07) is 3.29. The number of carbonyl (C=O) groups is 5. The summed E-state index contributed by atoms with van der Waals surface area (Å²) >= 11 is 0. The van der Waals surface area contributed by atoms with Crippen LogP contribution in [0.25, 0.3) is 16.5 Å². The van der Waals surface area contributed by atoms with Gasteiger partial charge < -0.3 is 38.8 Å². The second kappa shape index (κ2) is 21.9. The van der Waals surface area contributed by atoms with Crippen LogP contribution in [0.15, 0.2) is 54.2 Å². The van der Waals surface area contributed by atoms with Gasteiger partial charge in [-0.2, -0.15) is 0 Å². The Kier molecular flexibility index (Phi) is 16.8. The van der Waals surface area contributed by atoms with Gasteiger partial charge in [0.25, 0.3) is 11.8 Å². The minimum absolute atomic E-state index is 0.0301. The number of morpholine rings is 1. The highest BCUT2D eigenvalue weighted by atomic mass is 19.1. The SMILES string of the molecule is C=CC(=O)N1CCC(F)(C(=O)N(C)[C@H](C(=O)N[C@H]2C[C@H]3CN(CCO3)c3ccc4c(c3)c(c(/C(C=C)=C(/N=CC)[C@H](C)OC)n4CC)CC(C)(C)COC(=O)[C@@H]3CCCN(N3)C2=O)C(C)C)CC1. The van der Waals surface area contributed by atoms with Crippen LogP contribution in [0.2, 0.25) is 0 Å². The van der Waals surface area contributed by atoms with E-state index >= 15 is 4.39 Å². The zero-order valence-corrected chi connectivity index (χ0v) is 41.6. The fourth-order valence-electron chi connectivity index (χ4n) is 10.2.